The lowest BCUT2D eigenvalue weighted by Gasteiger charge is -2.22. The van der Waals surface area contributed by atoms with Gasteiger partial charge in [0, 0.05) is 11.6 Å². The second-order valence-electron chi connectivity index (χ2n) is 8.20. The van der Waals surface area contributed by atoms with Crippen molar-refractivity contribution in [3.8, 4) is 5.75 Å². The lowest BCUT2D eigenvalue weighted by molar-refractivity contribution is 0.315. The highest BCUT2D eigenvalue weighted by Crippen LogP contribution is 2.41. The van der Waals surface area contributed by atoms with E-state index in [1.54, 1.807) is 6.92 Å². The van der Waals surface area contributed by atoms with Crippen LogP contribution in [0.5, 0.6) is 5.75 Å². The summed E-state index contributed by atoms with van der Waals surface area (Å²) in [7, 11) is 0. The summed E-state index contributed by atoms with van der Waals surface area (Å²) in [5.74, 6) is -4.59. The molecule has 0 saturated carbocycles. The van der Waals surface area contributed by atoms with Crippen LogP contribution < -0.4 is 4.74 Å². The van der Waals surface area contributed by atoms with E-state index in [1.807, 2.05) is 6.08 Å². The molecule has 0 amide bonds. The molecule has 2 nitrogen and oxygen atoms in total. The Balaban J connectivity index is 1.75. The molecule has 1 aliphatic carbocycles. The minimum atomic E-state index is -1.31. The number of furan rings is 1. The zero-order valence-corrected chi connectivity index (χ0v) is 17.8. The molecule has 0 bridgehead atoms. The molecule has 166 valence electrons. The molecule has 1 aliphatic rings. The van der Waals surface area contributed by atoms with Crippen molar-refractivity contribution in [1.29, 1.82) is 0 Å². The summed E-state index contributed by atoms with van der Waals surface area (Å²) in [6.07, 6.45) is 9.08. The summed E-state index contributed by atoms with van der Waals surface area (Å²) < 4.78 is 69.7. The number of fused-ring (bicyclic) bond motifs is 3. The van der Waals surface area contributed by atoms with Crippen molar-refractivity contribution in [2.45, 2.75) is 58.8 Å². The van der Waals surface area contributed by atoms with E-state index in [-0.39, 0.29) is 34.5 Å². The number of halogens is 4. The van der Waals surface area contributed by atoms with E-state index >= 15 is 8.78 Å². The lowest BCUT2D eigenvalue weighted by atomic mass is 9.83. The third-order valence-corrected chi connectivity index (χ3v) is 6.16. The van der Waals surface area contributed by atoms with E-state index in [4.69, 9.17) is 9.15 Å². The Bertz CT molecular complexity index is 1150. The standard InChI is InChI=1S/C25H26F4O2/c1-3-5-6-7-14-8-10-15(11-9-14)16-12-17-20(24(28)22(16)26)21-18(31-17)13-19(30-4-2)23(27)25(21)29/h10,12-14H,3-9,11H2,1-2H3. The first-order chi connectivity index (χ1) is 15.0. The first-order valence-electron chi connectivity index (χ1n) is 11.0. The molecule has 0 fully saturated rings. The Hall–Kier alpha value is -2.50. The third-order valence-electron chi connectivity index (χ3n) is 6.16. The van der Waals surface area contributed by atoms with Gasteiger partial charge in [0.25, 0.3) is 0 Å². The quantitative estimate of drug-likeness (QED) is 0.276. The van der Waals surface area contributed by atoms with Gasteiger partial charge in [0.2, 0.25) is 5.82 Å². The average molecular weight is 434 g/mol. The monoisotopic (exact) mass is 434 g/mol. The summed E-state index contributed by atoms with van der Waals surface area (Å²) in [5.41, 5.74) is 0.761. The van der Waals surface area contributed by atoms with Gasteiger partial charge < -0.3 is 9.15 Å². The Labute approximate surface area is 178 Å². The predicted molar refractivity (Wildman–Crippen MR) is 114 cm³/mol. The van der Waals surface area contributed by atoms with Crippen molar-refractivity contribution in [1.82, 2.24) is 0 Å². The van der Waals surface area contributed by atoms with Crippen LogP contribution in [0, 0.1) is 29.2 Å². The molecule has 31 heavy (non-hydrogen) atoms. The van der Waals surface area contributed by atoms with Crippen LogP contribution in [0.1, 0.15) is 64.4 Å². The zero-order chi connectivity index (χ0) is 22.1. The zero-order valence-electron chi connectivity index (χ0n) is 17.8. The van der Waals surface area contributed by atoms with Crippen LogP contribution in [-0.4, -0.2) is 6.61 Å². The average Bonchev–Trinajstić information content (AvgIpc) is 3.14. The van der Waals surface area contributed by atoms with E-state index in [0.717, 1.165) is 24.8 Å². The van der Waals surface area contributed by atoms with E-state index in [9.17, 15) is 8.78 Å². The van der Waals surface area contributed by atoms with Gasteiger partial charge in [-0.3, -0.25) is 0 Å². The molecule has 1 aromatic heterocycles. The van der Waals surface area contributed by atoms with Crippen molar-refractivity contribution in [2.75, 3.05) is 6.61 Å². The molecule has 1 atom stereocenters. The molecular formula is C25H26F4O2. The normalized spacial score (nSPS) is 16.8. The van der Waals surface area contributed by atoms with Gasteiger partial charge >= 0.3 is 0 Å². The minimum Gasteiger partial charge on any atom is -0.491 e. The number of unbranched alkanes of at least 4 members (excludes halogenated alkanes) is 2. The summed E-state index contributed by atoms with van der Waals surface area (Å²) in [5, 5.41) is -0.794. The summed E-state index contributed by atoms with van der Waals surface area (Å²) in [6.45, 7) is 3.93. The second-order valence-corrected chi connectivity index (χ2v) is 8.20. The largest absolute Gasteiger partial charge is 0.491 e. The molecule has 6 heteroatoms. The van der Waals surface area contributed by atoms with Gasteiger partial charge in [0.15, 0.2) is 23.2 Å². The summed E-state index contributed by atoms with van der Waals surface area (Å²) >= 11 is 0. The fourth-order valence-corrected chi connectivity index (χ4v) is 4.50. The highest BCUT2D eigenvalue weighted by atomic mass is 19.2. The van der Waals surface area contributed by atoms with Gasteiger partial charge in [-0.15, -0.1) is 0 Å². The van der Waals surface area contributed by atoms with E-state index < -0.39 is 28.7 Å². The van der Waals surface area contributed by atoms with Crippen molar-refractivity contribution < 1.29 is 26.7 Å². The molecule has 0 radical (unpaired) electrons. The second kappa shape index (κ2) is 8.93. The van der Waals surface area contributed by atoms with E-state index in [0.29, 0.717) is 12.3 Å². The van der Waals surface area contributed by atoms with Crippen molar-refractivity contribution >= 4 is 27.5 Å². The molecule has 4 rings (SSSR count). The van der Waals surface area contributed by atoms with Gasteiger partial charge in [-0.25, -0.2) is 13.2 Å². The SMILES string of the molecule is CCCCCC1CC=C(c2cc3oc4cc(OCC)c(F)c(F)c4c3c(F)c2F)CC1. The number of allylic oxidation sites excluding steroid dienone is 2. The first-order valence-corrected chi connectivity index (χ1v) is 11.0. The Morgan fingerprint density at radius 1 is 0.935 bits per heavy atom. The highest BCUT2D eigenvalue weighted by Gasteiger charge is 2.27. The van der Waals surface area contributed by atoms with Crippen molar-refractivity contribution in [3.05, 3.63) is 47.0 Å². The highest BCUT2D eigenvalue weighted by molar-refractivity contribution is 6.06. The van der Waals surface area contributed by atoms with Crippen LogP contribution in [0.2, 0.25) is 0 Å². The molecule has 3 aromatic rings. The van der Waals surface area contributed by atoms with Crippen molar-refractivity contribution in [3.63, 3.8) is 0 Å². The summed E-state index contributed by atoms with van der Waals surface area (Å²) in [6, 6.07) is 2.57. The van der Waals surface area contributed by atoms with E-state index in [2.05, 4.69) is 6.92 Å². The summed E-state index contributed by atoms with van der Waals surface area (Å²) in [4.78, 5) is 0. The molecular weight excluding hydrogens is 408 g/mol. The van der Waals surface area contributed by atoms with E-state index in [1.165, 1.54) is 31.4 Å². The van der Waals surface area contributed by atoms with Gasteiger partial charge in [0.1, 0.15) is 11.2 Å². The Kier molecular flexibility index (Phi) is 6.26. The smallest absolute Gasteiger partial charge is 0.201 e. The first kappa shape index (κ1) is 21.7. The van der Waals surface area contributed by atoms with Gasteiger partial charge in [-0.1, -0.05) is 38.7 Å². The third kappa shape index (κ3) is 3.92. The van der Waals surface area contributed by atoms with Crippen LogP contribution >= 0.6 is 0 Å². The van der Waals surface area contributed by atoms with Gasteiger partial charge in [-0.05, 0) is 43.7 Å². The molecule has 0 saturated heterocycles. The molecule has 0 N–H and O–H groups in total. The fourth-order valence-electron chi connectivity index (χ4n) is 4.50. The van der Waals surface area contributed by atoms with Crippen LogP contribution in [0.15, 0.2) is 22.6 Å². The number of benzene rings is 2. The Morgan fingerprint density at radius 3 is 2.29 bits per heavy atom. The van der Waals surface area contributed by atoms with Crippen LogP contribution in [0.3, 0.4) is 0 Å². The van der Waals surface area contributed by atoms with Crippen LogP contribution in [0.4, 0.5) is 17.6 Å². The number of hydrogen-bond acceptors (Lipinski definition) is 2. The molecule has 1 unspecified atom stereocenters. The molecule has 1 heterocycles. The topological polar surface area (TPSA) is 22.4 Å². The minimum absolute atomic E-state index is 0.0122. The maximum atomic E-state index is 15.0. The van der Waals surface area contributed by atoms with Crippen LogP contribution in [-0.2, 0) is 0 Å². The van der Waals surface area contributed by atoms with Crippen LogP contribution in [0.25, 0.3) is 27.5 Å². The predicted octanol–water partition coefficient (Wildman–Crippen LogP) is 8.30. The van der Waals surface area contributed by atoms with Gasteiger partial charge in [0.05, 0.1) is 17.4 Å². The molecule has 0 aliphatic heterocycles. The van der Waals surface area contributed by atoms with Crippen molar-refractivity contribution in [2.24, 2.45) is 5.92 Å². The number of rotatable bonds is 7. The maximum absolute atomic E-state index is 15.0. The fraction of sp³-hybridized carbons (Fsp3) is 0.440. The molecule has 2 aromatic carbocycles. The lowest BCUT2D eigenvalue weighted by Crippen LogP contribution is -2.07. The number of ether oxygens (including phenoxy) is 1. The molecule has 0 spiro atoms. The Morgan fingerprint density at radius 2 is 1.65 bits per heavy atom. The van der Waals surface area contributed by atoms with Gasteiger partial charge in [-0.2, -0.15) is 4.39 Å². The maximum Gasteiger partial charge on any atom is 0.201 e. The number of hydrogen-bond donors (Lipinski definition) is 0.